The van der Waals surface area contributed by atoms with Crippen LogP contribution in [0.3, 0.4) is 0 Å². The van der Waals surface area contributed by atoms with E-state index >= 15 is 0 Å². The second kappa shape index (κ2) is 9.12. The largest absolute Gasteiger partial charge is 0.376 e. The third-order valence-corrected chi connectivity index (χ3v) is 5.15. The van der Waals surface area contributed by atoms with Crippen LogP contribution in [0.1, 0.15) is 12.8 Å². The molecule has 3 N–H and O–H groups in total. The van der Waals surface area contributed by atoms with Gasteiger partial charge in [0, 0.05) is 49.1 Å². The summed E-state index contributed by atoms with van der Waals surface area (Å²) in [6, 6.07) is 3.64. The topological polar surface area (TPSA) is 160 Å². The highest BCUT2D eigenvalue weighted by Crippen LogP contribution is 2.23. The minimum absolute atomic E-state index is 0.0912. The van der Waals surface area contributed by atoms with Crippen LogP contribution < -0.4 is 11.1 Å². The molecule has 0 aromatic carbocycles. The molecule has 5 rings (SSSR count). The maximum absolute atomic E-state index is 12.2. The van der Waals surface area contributed by atoms with E-state index in [-0.39, 0.29) is 24.5 Å². The molecule has 12 heteroatoms. The molecule has 1 aliphatic rings. The van der Waals surface area contributed by atoms with Crippen LogP contribution in [0.5, 0.6) is 0 Å². The lowest BCUT2D eigenvalue weighted by molar-refractivity contribution is -0.122. The molecular formula is C21H21N9O3. The molecule has 0 spiro atoms. The van der Waals surface area contributed by atoms with E-state index in [1.165, 1.54) is 4.68 Å². The Hall–Kier alpha value is -4.19. The van der Waals surface area contributed by atoms with Crippen LogP contribution >= 0.6 is 0 Å². The van der Waals surface area contributed by atoms with Gasteiger partial charge in [-0.1, -0.05) is 5.16 Å². The highest BCUT2D eigenvalue weighted by atomic mass is 16.5. The van der Waals surface area contributed by atoms with Gasteiger partial charge in [0.1, 0.15) is 6.54 Å². The summed E-state index contributed by atoms with van der Waals surface area (Å²) in [4.78, 5) is 28.9. The molecule has 1 saturated heterocycles. The predicted molar refractivity (Wildman–Crippen MR) is 116 cm³/mol. The molecule has 0 bridgehead atoms. The zero-order valence-corrected chi connectivity index (χ0v) is 17.6. The highest BCUT2D eigenvalue weighted by molar-refractivity contribution is 5.75. The van der Waals surface area contributed by atoms with Gasteiger partial charge in [-0.15, -0.1) is 0 Å². The van der Waals surface area contributed by atoms with Gasteiger partial charge in [0.05, 0.1) is 23.6 Å². The summed E-state index contributed by atoms with van der Waals surface area (Å²) in [5.41, 5.74) is 8.26. The van der Waals surface area contributed by atoms with Gasteiger partial charge in [-0.05, 0) is 25.0 Å². The van der Waals surface area contributed by atoms with Gasteiger partial charge in [-0.25, -0.2) is 9.97 Å². The second-order valence-electron chi connectivity index (χ2n) is 7.55. The Labute approximate surface area is 188 Å². The van der Waals surface area contributed by atoms with Gasteiger partial charge in [0.25, 0.3) is 5.89 Å². The number of nitrogen functional groups attached to an aromatic ring is 1. The predicted octanol–water partition coefficient (Wildman–Crippen LogP) is 1.33. The minimum Gasteiger partial charge on any atom is -0.376 e. The van der Waals surface area contributed by atoms with Crippen molar-refractivity contribution in [2.24, 2.45) is 0 Å². The van der Waals surface area contributed by atoms with Crippen molar-refractivity contribution in [3.05, 3.63) is 43.1 Å². The average Bonchev–Trinajstić information content (AvgIpc) is 3.60. The van der Waals surface area contributed by atoms with Crippen molar-refractivity contribution in [1.82, 2.24) is 40.2 Å². The van der Waals surface area contributed by atoms with Gasteiger partial charge >= 0.3 is 0 Å². The lowest BCUT2D eigenvalue weighted by atomic mass is 10.2. The number of anilines is 1. The van der Waals surface area contributed by atoms with Gasteiger partial charge in [0.2, 0.25) is 17.7 Å². The molecular weight excluding hydrogens is 426 g/mol. The van der Waals surface area contributed by atoms with E-state index in [4.69, 9.17) is 15.0 Å². The fourth-order valence-corrected chi connectivity index (χ4v) is 3.42. The summed E-state index contributed by atoms with van der Waals surface area (Å²) in [6.45, 7) is 1.36. The fourth-order valence-electron chi connectivity index (χ4n) is 3.42. The normalized spacial score (nSPS) is 15.6. The van der Waals surface area contributed by atoms with Crippen LogP contribution in [0.2, 0.25) is 0 Å². The number of hydrogen-bond acceptors (Lipinski definition) is 10. The molecule has 1 amide bonds. The van der Waals surface area contributed by atoms with Crippen LogP contribution in [-0.2, 0) is 16.1 Å². The first-order valence-corrected chi connectivity index (χ1v) is 10.4. The Morgan fingerprint density at radius 2 is 1.97 bits per heavy atom. The monoisotopic (exact) mass is 447 g/mol. The summed E-state index contributed by atoms with van der Waals surface area (Å²) >= 11 is 0. The highest BCUT2D eigenvalue weighted by Gasteiger charge is 2.17. The smallest absolute Gasteiger partial charge is 0.261 e. The summed E-state index contributed by atoms with van der Waals surface area (Å²) in [5, 5.41) is 11.1. The first kappa shape index (κ1) is 20.7. The number of ether oxygens (including phenoxy) is 1. The number of hydrogen-bond donors (Lipinski definition) is 2. The van der Waals surface area contributed by atoms with Crippen molar-refractivity contribution < 1.29 is 14.1 Å². The average molecular weight is 447 g/mol. The third kappa shape index (κ3) is 4.85. The third-order valence-electron chi connectivity index (χ3n) is 5.15. The number of carbonyl (C=O) groups excluding carboxylic acids is 1. The van der Waals surface area contributed by atoms with Gasteiger partial charge in [-0.3, -0.25) is 14.5 Å². The number of rotatable bonds is 7. The zero-order valence-electron chi connectivity index (χ0n) is 17.6. The number of nitrogens with zero attached hydrogens (tertiary/aromatic N) is 7. The molecule has 4 aromatic rings. The van der Waals surface area contributed by atoms with Crippen molar-refractivity contribution in [2.45, 2.75) is 25.5 Å². The van der Waals surface area contributed by atoms with Crippen molar-refractivity contribution in [3.63, 3.8) is 0 Å². The fraction of sp³-hybridized carbons (Fsp3) is 0.286. The lowest BCUT2D eigenvalue weighted by Crippen LogP contribution is -2.34. The molecule has 12 nitrogen and oxygen atoms in total. The number of nitrogens with two attached hydrogens (primary N) is 1. The van der Waals surface area contributed by atoms with E-state index in [0.717, 1.165) is 25.0 Å². The second-order valence-corrected chi connectivity index (χ2v) is 7.55. The Bertz CT molecular complexity index is 1230. The van der Waals surface area contributed by atoms with Crippen LogP contribution in [0.4, 0.5) is 5.95 Å². The van der Waals surface area contributed by atoms with Crippen LogP contribution in [0.25, 0.3) is 34.1 Å². The maximum atomic E-state index is 12.2. The van der Waals surface area contributed by atoms with E-state index in [0.29, 0.717) is 35.1 Å². The van der Waals surface area contributed by atoms with E-state index < -0.39 is 0 Å². The van der Waals surface area contributed by atoms with E-state index in [9.17, 15) is 4.79 Å². The van der Waals surface area contributed by atoms with Gasteiger partial charge < -0.3 is 20.3 Å². The molecule has 1 atom stereocenters. The van der Waals surface area contributed by atoms with E-state index in [1.54, 1.807) is 31.0 Å². The minimum atomic E-state index is -0.135. The Balaban J connectivity index is 1.22. The van der Waals surface area contributed by atoms with Crippen molar-refractivity contribution >= 4 is 11.9 Å². The van der Waals surface area contributed by atoms with Gasteiger partial charge in [0.15, 0.2) is 0 Å². The van der Waals surface area contributed by atoms with Crippen LogP contribution in [0, 0.1) is 0 Å². The van der Waals surface area contributed by atoms with Gasteiger partial charge in [-0.2, -0.15) is 10.1 Å². The molecule has 168 valence electrons. The Morgan fingerprint density at radius 1 is 1.12 bits per heavy atom. The number of amides is 1. The quantitative estimate of drug-likeness (QED) is 0.423. The molecule has 0 radical (unpaired) electrons. The van der Waals surface area contributed by atoms with E-state index in [2.05, 4.69) is 35.5 Å². The Kier molecular flexibility index (Phi) is 5.72. The van der Waals surface area contributed by atoms with Crippen LogP contribution in [-0.4, -0.2) is 60.0 Å². The summed E-state index contributed by atoms with van der Waals surface area (Å²) in [5.74, 6) is 0.757. The molecule has 4 aromatic heterocycles. The molecule has 1 unspecified atom stereocenters. The first-order valence-electron chi connectivity index (χ1n) is 10.4. The van der Waals surface area contributed by atoms with E-state index in [1.807, 2.05) is 12.1 Å². The molecule has 1 aliphatic heterocycles. The number of aromatic nitrogens is 7. The SMILES string of the molecule is Nc1ncc(-c2ccc(-c3noc(-c4cnn(CC(=O)NCC5CCCO5)c4)n3)cn2)cn1. The summed E-state index contributed by atoms with van der Waals surface area (Å²) in [7, 11) is 0. The molecule has 1 fully saturated rings. The number of carbonyl (C=O) groups is 1. The molecule has 33 heavy (non-hydrogen) atoms. The summed E-state index contributed by atoms with van der Waals surface area (Å²) in [6.07, 6.45) is 10.2. The van der Waals surface area contributed by atoms with Crippen molar-refractivity contribution in [1.29, 1.82) is 0 Å². The number of nitrogens with one attached hydrogen (secondary N) is 1. The molecule has 0 aliphatic carbocycles. The van der Waals surface area contributed by atoms with Crippen molar-refractivity contribution in [2.75, 3.05) is 18.9 Å². The zero-order chi connectivity index (χ0) is 22.6. The lowest BCUT2D eigenvalue weighted by Gasteiger charge is -2.10. The van der Waals surface area contributed by atoms with Crippen LogP contribution in [0.15, 0.2) is 47.6 Å². The molecule has 5 heterocycles. The maximum Gasteiger partial charge on any atom is 0.261 e. The summed E-state index contributed by atoms with van der Waals surface area (Å²) < 4.78 is 12.4. The Morgan fingerprint density at radius 3 is 2.73 bits per heavy atom. The standard InChI is InChI=1S/C21H21N9O3/c22-21-25-7-14(8-26-21)17-4-3-13(6-23-17)19-28-20(33-29-19)15-9-27-30(11-15)12-18(31)24-10-16-2-1-5-32-16/h3-4,6-9,11,16H,1-2,5,10,12H2,(H,24,31)(H2,22,25,26). The first-order chi connectivity index (χ1) is 16.1. The number of pyridine rings is 1. The van der Waals surface area contributed by atoms with Crippen molar-refractivity contribution in [3.8, 4) is 34.1 Å². The molecule has 0 saturated carbocycles.